The molecule has 0 atom stereocenters. The van der Waals surface area contributed by atoms with Gasteiger partial charge in [-0.05, 0) is 25.1 Å². The molecular weight excluding hydrogens is 326 g/mol. The van der Waals surface area contributed by atoms with Gasteiger partial charge in [-0.15, -0.1) is 10.2 Å². The molecular formula is C17H13N3O5. The first kappa shape index (κ1) is 16.3. The highest BCUT2D eigenvalue weighted by Gasteiger charge is 2.26. The summed E-state index contributed by atoms with van der Waals surface area (Å²) in [4.78, 5) is 23.1. The summed E-state index contributed by atoms with van der Waals surface area (Å²) < 4.78 is 5.00. The Balaban J connectivity index is 2.39. The van der Waals surface area contributed by atoms with Gasteiger partial charge in [-0.2, -0.15) is 0 Å². The number of nitro groups is 1. The van der Waals surface area contributed by atoms with E-state index in [1.807, 2.05) is 0 Å². The highest BCUT2D eigenvalue weighted by molar-refractivity contribution is 6.06. The summed E-state index contributed by atoms with van der Waals surface area (Å²) in [7, 11) is 0. The van der Waals surface area contributed by atoms with Gasteiger partial charge in [0.2, 0.25) is 0 Å². The average Bonchev–Trinajstić information content (AvgIpc) is 2.61. The van der Waals surface area contributed by atoms with Crippen LogP contribution in [0.25, 0.3) is 22.0 Å². The van der Waals surface area contributed by atoms with Crippen LogP contribution in [0.2, 0.25) is 0 Å². The lowest BCUT2D eigenvalue weighted by molar-refractivity contribution is -0.384. The van der Waals surface area contributed by atoms with Crippen LogP contribution in [-0.4, -0.2) is 32.8 Å². The summed E-state index contributed by atoms with van der Waals surface area (Å²) >= 11 is 0. The molecule has 8 heteroatoms. The smallest absolute Gasteiger partial charge is 0.359 e. The quantitative estimate of drug-likeness (QED) is 0.441. The van der Waals surface area contributed by atoms with E-state index in [0.29, 0.717) is 10.9 Å². The number of ether oxygens (including phenoxy) is 1. The molecule has 0 bridgehead atoms. The Morgan fingerprint density at radius 2 is 2.00 bits per heavy atom. The van der Waals surface area contributed by atoms with Gasteiger partial charge in [0.25, 0.3) is 5.69 Å². The van der Waals surface area contributed by atoms with E-state index in [4.69, 9.17) is 4.74 Å². The van der Waals surface area contributed by atoms with E-state index in [0.717, 1.165) is 6.07 Å². The number of nitro benzene ring substituents is 1. The van der Waals surface area contributed by atoms with Crippen molar-refractivity contribution in [2.75, 3.05) is 6.61 Å². The highest BCUT2D eigenvalue weighted by atomic mass is 16.6. The summed E-state index contributed by atoms with van der Waals surface area (Å²) in [6, 6.07) is 10.6. The van der Waals surface area contributed by atoms with Crippen LogP contribution in [0.1, 0.15) is 17.4 Å². The molecule has 1 N–H and O–H groups in total. The minimum Gasteiger partial charge on any atom is -0.508 e. The fraction of sp³-hybridized carbons (Fsp3) is 0.118. The number of carbonyl (C=O) groups is 1. The second-order valence-corrected chi connectivity index (χ2v) is 5.12. The van der Waals surface area contributed by atoms with E-state index in [9.17, 15) is 20.0 Å². The number of phenols is 1. The van der Waals surface area contributed by atoms with E-state index >= 15 is 0 Å². The first-order chi connectivity index (χ1) is 12.0. The molecule has 0 saturated heterocycles. The molecule has 3 rings (SSSR count). The number of esters is 1. The van der Waals surface area contributed by atoms with Gasteiger partial charge in [-0.3, -0.25) is 10.1 Å². The average molecular weight is 339 g/mol. The van der Waals surface area contributed by atoms with Crippen LogP contribution in [0.4, 0.5) is 5.69 Å². The minimum atomic E-state index is -0.724. The molecule has 8 nitrogen and oxygen atoms in total. The molecule has 3 aromatic rings. The molecule has 0 saturated carbocycles. The van der Waals surface area contributed by atoms with Crippen molar-refractivity contribution >= 4 is 22.6 Å². The Labute approximate surface area is 141 Å². The molecule has 0 spiro atoms. The Hall–Kier alpha value is -3.55. The molecule has 1 aromatic heterocycles. The van der Waals surface area contributed by atoms with Gasteiger partial charge in [0, 0.05) is 10.9 Å². The standard InChI is InChI=1S/C17H13N3O5/c1-2-25-17(22)16-15(11-5-3-4-6-13(11)18-19-16)12-8-7-10(21)9-14(12)20(23)24/h3-9,21H,2H2,1H3. The molecule has 126 valence electrons. The van der Waals surface area contributed by atoms with Crippen molar-refractivity contribution in [3.63, 3.8) is 0 Å². The van der Waals surface area contributed by atoms with Gasteiger partial charge in [-0.1, -0.05) is 18.2 Å². The Morgan fingerprint density at radius 1 is 1.24 bits per heavy atom. The Kier molecular flexibility index (Phi) is 4.25. The maximum Gasteiger partial charge on any atom is 0.359 e. The van der Waals surface area contributed by atoms with Crippen molar-refractivity contribution in [2.45, 2.75) is 6.92 Å². The monoisotopic (exact) mass is 339 g/mol. The Bertz CT molecular complexity index is 987. The molecule has 2 aromatic carbocycles. The molecule has 0 amide bonds. The molecule has 0 aliphatic rings. The zero-order valence-electron chi connectivity index (χ0n) is 13.2. The highest BCUT2D eigenvalue weighted by Crippen LogP contribution is 2.38. The number of rotatable bonds is 4. The first-order valence-electron chi connectivity index (χ1n) is 7.43. The number of aromatic nitrogens is 2. The zero-order valence-corrected chi connectivity index (χ0v) is 13.2. The molecule has 0 unspecified atom stereocenters. The third kappa shape index (κ3) is 2.97. The van der Waals surface area contributed by atoms with Crippen molar-refractivity contribution in [3.8, 4) is 16.9 Å². The van der Waals surface area contributed by atoms with E-state index < -0.39 is 10.9 Å². The normalized spacial score (nSPS) is 10.6. The van der Waals surface area contributed by atoms with Crippen LogP contribution >= 0.6 is 0 Å². The van der Waals surface area contributed by atoms with E-state index in [1.165, 1.54) is 12.1 Å². The predicted molar refractivity (Wildman–Crippen MR) is 89.2 cm³/mol. The number of fused-ring (bicyclic) bond motifs is 1. The largest absolute Gasteiger partial charge is 0.508 e. The third-order valence-electron chi connectivity index (χ3n) is 3.58. The van der Waals surface area contributed by atoms with Gasteiger partial charge in [-0.25, -0.2) is 4.79 Å². The van der Waals surface area contributed by atoms with Gasteiger partial charge < -0.3 is 9.84 Å². The number of hydrogen-bond donors (Lipinski definition) is 1. The second-order valence-electron chi connectivity index (χ2n) is 5.12. The van der Waals surface area contributed by atoms with Crippen molar-refractivity contribution in [2.24, 2.45) is 0 Å². The van der Waals surface area contributed by atoms with Crippen LogP contribution in [0, 0.1) is 10.1 Å². The van der Waals surface area contributed by atoms with Gasteiger partial charge in [0.15, 0.2) is 5.69 Å². The molecule has 0 radical (unpaired) electrons. The van der Waals surface area contributed by atoms with E-state index in [2.05, 4.69) is 10.2 Å². The van der Waals surface area contributed by atoms with Crippen LogP contribution in [0.15, 0.2) is 42.5 Å². The predicted octanol–water partition coefficient (Wildman–Crippen LogP) is 3.09. The summed E-state index contributed by atoms with van der Waals surface area (Å²) in [5, 5.41) is 29.4. The Morgan fingerprint density at radius 3 is 2.72 bits per heavy atom. The lowest BCUT2D eigenvalue weighted by Crippen LogP contribution is -2.11. The van der Waals surface area contributed by atoms with Crippen LogP contribution in [0.5, 0.6) is 5.75 Å². The van der Waals surface area contributed by atoms with Crippen molar-refractivity contribution in [3.05, 3.63) is 58.3 Å². The van der Waals surface area contributed by atoms with Crippen molar-refractivity contribution in [1.82, 2.24) is 10.2 Å². The number of phenolic OH excluding ortho intramolecular Hbond substituents is 1. The van der Waals surface area contributed by atoms with Crippen LogP contribution in [0.3, 0.4) is 0 Å². The lowest BCUT2D eigenvalue weighted by Gasteiger charge is -2.11. The van der Waals surface area contributed by atoms with E-state index in [1.54, 1.807) is 31.2 Å². The maximum absolute atomic E-state index is 12.3. The lowest BCUT2D eigenvalue weighted by atomic mass is 9.97. The van der Waals surface area contributed by atoms with E-state index in [-0.39, 0.29) is 34.9 Å². The number of carbonyl (C=O) groups excluding carboxylic acids is 1. The number of aromatic hydroxyl groups is 1. The summed E-state index contributed by atoms with van der Waals surface area (Å²) in [6.07, 6.45) is 0. The third-order valence-corrected chi connectivity index (χ3v) is 3.58. The van der Waals surface area contributed by atoms with Gasteiger partial charge >= 0.3 is 5.97 Å². The fourth-order valence-corrected chi connectivity index (χ4v) is 2.55. The topological polar surface area (TPSA) is 115 Å². The van der Waals surface area contributed by atoms with Gasteiger partial charge in [0.1, 0.15) is 5.75 Å². The van der Waals surface area contributed by atoms with Crippen LogP contribution in [-0.2, 0) is 4.74 Å². The summed E-state index contributed by atoms with van der Waals surface area (Å²) in [5.74, 6) is -0.974. The molecule has 0 fully saturated rings. The molecule has 0 aliphatic heterocycles. The maximum atomic E-state index is 12.3. The number of nitrogens with zero attached hydrogens (tertiary/aromatic N) is 3. The van der Waals surface area contributed by atoms with Gasteiger partial charge in [0.05, 0.1) is 28.7 Å². The SMILES string of the molecule is CCOC(=O)c1nnc2ccccc2c1-c1ccc(O)cc1[N+](=O)[O-]. The summed E-state index contributed by atoms with van der Waals surface area (Å²) in [6.45, 7) is 1.78. The van der Waals surface area contributed by atoms with Crippen molar-refractivity contribution < 1.29 is 19.6 Å². The van der Waals surface area contributed by atoms with Crippen molar-refractivity contribution in [1.29, 1.82) is 0 Å². The number of benzene rings is 2. The first-order valence-corrected chi connectivity index (χ1v) is 7.43. The summed E-state index contributed by atoms with van der Waals surface area (Å²) in [5.41, 5.74) is 0.415. The molecule has 25 heavy (non-hydrogen) atoms. The number of hydrogen-bond acceptors (Lipinski definition) is 7. The van der Waals surface area contributed by atoms with Crippen LogP contribution < -0.4 is 0 Å². The minimum absolute atomic E-state index is 0.116. The molecule has 0 aliphatic carbocycles. The zero-order chi connectivity index (χ0) is 18.0. The molecule has 1 heterocycles. The second kappa shape index (κ2) is 6.52. The fourth-order valence-electron chi connectivity index (χ4n) is 2.55.